The van der Waals surface area contributed by atoms with E-state index >= 15 is 0 Å². The van der Waals surface area contributed by atoms with Crippen LogP contribution in [-0.2, 0) is 4.79 Å². The van der Waals surface area contributed by atoms with E-state index in [2.05, 4.69) is 31.9 Å². The molecule has 0 saturated carbocycles. The topological polar surface area (TPSA) is 70.2 Å². The largest absolute Gasteiger partial charge is 0.370 e. The third kappa shape index (κ3) is 4.83. The van der Waals surface area contributed by atoms with Gasteiger partial charge in [0.2, 0.25) is 0 Å². The number of anilines is 1. The van der Waals surface area contributed by atoms with Gasteiger partial charge < -0.3 is 10.6 Å². The second-order valence-corrected chi connectivity index (χ2v) is 6.16. The van der Waals surface area contributed by atoms with E-state index < -0.39 is 18.0 Å². The molecule has 0 saturated heterocycles. The Hall–Kier alpha value is -2.34. The van der Waals surface area contributed by atoms with Gasteiger partial charge in [-0.05, 0) is 43.2 Å². The predicted molar refractivity (Wildman–Crippen MR) is 98.9 cm³/mol. The number of urea groups is 1. The Morgan fingerprint density at radius 1 is 1.12 bits per heavy atom. The van der Waals surface area contributed by atoms with E-state index in [1.165, 1.54) is 0 Å². The van der Waals surface area contributed by atoms with Crippen molar-refractivity contribution in [3.8, 4) is 0 Å². The van der Waals surface area contributed by atoms with E-state index in [9.17, 15) is 9.59 Å². The summed E-state index contributed by atoms with van der Waals surface area (Å²) >= 11 is 3.46. The van der Waals surface area contributed by atoms with Gasteiger partial charge in [0.25, 0.3) is 5.91 Å². The maximum atomic E-state index is 12.5. The summed E-state index contributed by atoms with van der Waals surface area (Å²) in [6.07, 6.45) is 0. The van der Waals surface area contributed by atoms with Crippen molar-refractivity contribution in [3.63, 3.8) is 0 Å². The molecule has 0 unspecified atom stereocenters. The zero-order valence-corrected chi connectivity index (χ0v) is 15.2. The number of halogens is 1. The molecule has 2 aromatic carbocycles. The average Bonchev–Trinajstić information content (AvgIpc) is 2.56. The van der Waals surface area contributed by atoms with Crippen LogP contribution >= 0.6 is 15.9 Å². The van der Waals surface area contributed by atoms with E-state index in [4.69, 9.17) is 0 Å². The molecule has 5 nitrogen and oxygen atoms in total. The van der Waals surface area contributed by atoms with Gasteiger partial charge in [-0.3, -0.25) is 10.1 Å². The fourth-order valence-electron chi connectivity index (χ4n) is 2.24. The molecule has 2 aromatic rings. The minimum atomic E-state index is -0.672. The van der Waals surface area contributed by atoms with Crippen molar-refractivity contribution in [2.24, 2.45) is 0 Å². The van der Waals surface area contributed by atoms with Gasteiger partial charge in [-0.15, -0.1) is 0 Å². The highest BCUT2D eigenvalue weighted by Gasteiger charge is 2.22. The molecule has 24 heavy (non-hydrogen) atoms. The van der Waals surface area contributed by atoms with E-state index in [-0.39, 0.29) is 0 Å². The first-order valence-electron chi connectivity index (χ1n) is 7.67. The SMILES string of the molecule is CCNC(=O)NC(=O)[C@H](Nc1ccc(Br)c(C)c1)c1ccccc1. The number of imide groups is 1. The molecule has 3 N–H and O–H groups in total. The Balaban J connectivity index is 2.24. The molecule has 2 rings (SSSR count). The number of carbonyl (C=O) groups excluding carboxylic acids is 2. The van der Waals surface area contributed by atoms with Crippen molar-refractivity contribution < 1.29 is 9.59 Å². The van der Waals surface area contributed by atoms with Crippen LogP contribution in [0.3, 0.4) is 0 Å². The Labute approximate surface area is 150 Å². The normalized spacial score (nSPS) is 11.5. The Kier molecular flexibility index (Phi) is 6.37. The van der Waals surface area contributed by atoms with Gasteiger partial charge in [-0.25, -0.2) is 4.79 Å². The summed E-state index contributed by atoms with van der Waals surface area (Å²) in [6, 6.07) is 13.9. The molecule has 1 atom stereocenters. The summed E-state index contributed by atoms with van der Waals surface area (Å²) in [5.41, 5.74) is 2.63. The molecule has 3 amide bonds. The van der Waals surface area contributed by atoms with Crippen molar-refractivity contribution in [2.75, 3.05) is 11.9 Å². The molecule has 0 heterocycles. The monoisotopic (exact) mass is 389 g/mol. The predicted octanol–water partition coefficient (Wildman–Crippen LogP) is 3.76. The van der Waals surface area contributed by atoms with Gasteiger partial charge >= 0.3 is 6.03 Å². The third-order valence-corrected chi connectivity index (χ3v) is 4.33. The summed E-state index contributed by atoms with van der Waals surface area (Å²) < 4.78 is 0.996. The average molecular weight is 390 g/mol. The fourth-order valence-corrected chi connectivity index (χ4v) is 2.48. The van der Waals surface area contributed by atoms with E-state index in [1.54, 1.807) is 6.92 Å². The second-order valence-electron chi connectivity index (χ2n) is 5.30. The van der Waals surface area contributed by atoms with Crippen LogP contribution in [0.25, 0.3) is 0 Å². The first-order valence-corrected chi connectivity index (χ1v) is 8.47. The Bertz CT molecular complexity index is 719. The summed E-state index contributed by atoms with van der Waals surface area (Å²) in [5, 5.41) is 8.12. The minimum Gasteiger partial charge on any atom is -0.370 e. The standard InChI is InChI=1S/C18H20BrN3O2/c1-3-20-18(24)22-17(23)16(13-7-5-4-6-8-13)21-14-9-10-15(19)12(2)11-14/h4-11,16,21H,3H2,1-2H3,(H2,20,22,23,24)/t16-/m1/s1. The molecule has 0 aliphatic carbocycles. The molecule has 0 aromatic heterocycles. The molecular formula is C18H20BrN3O2. The third-order valence-electron chi connectivity index (χ3n) is 3.44. The molecule has 126 valence electrons. The second kappa shape index (κ2) is 8.49. The van der Waals surface area contributed by atoms with E-state index in [0.717, 1.165) is 21.3 Å². The van der Waals surface area contributed by atoms with Crippen molar-refractivity contribution in [1.82, 2.24) is 10.6 Å². The number of hydrogen-bond acceptors (Lipinski definition) is 3. The molecule has 0 radical (unpaired) electrons. The number of benzene rings is 2. The maximum Gasteiger partial charge on any atom is 0.321 e. The van der Waals surface area contributed by atoms with Crippen LogP contribution in [0.2, 0.25) is 0 Å². The highest BCUT2D eigenvalue weighted by atomic mass is 79.9. The van der Waals surface area contributed by atoms with E-state index in [0.29, 0.717) is 6.54 Å². The number of carbonyl (C=O) groups is 2. The first kappa shape index (κ1) is 18.0. The summed E-state index contributed by atoms with van der Waals surface area (Å²) in [6.45, 7) is 4.22. The quantitative estimate of drug-likeness (QED) is 0.728. The summed E-state index contributed by atoms with van der Waals surface area (Å²) in [4.78, 5) is 24.2. The smallest absolute Gasteiger partial charge is 0.321 e. The van der Waals surface area contributed by atoms with Gasteiger partial charge in [0, 0.05) is 16.7 Å². The number of nitrogens with one attached hydrogen (secondary N) is 3. The number of amides is 3. The van der Waals surface area contributed by atoms with Gasteiger partial charge in [0.05, 0.1) is 0 Å². The number of hydrogen-bond donors (Lipinski definition) is 3. The highest BCUT2D eigenvalue weighted by Crippen LogP contribution is 2.24. The summed E-state index contributed by atoms with van der Waals surface area (Å²) in [5.74, 6) is -0.410. The molecule has 0 aliphatic rings. The molecular weight excluding hydrogens is 370 g/mol. The lowest BCUT2D eigenvalue weighted by molar-refractivity contribution is -0.120. The Morgan fingerprint density at radius 2 is 1.83 bits per heavy atom. The zero-order chi connectivity index (χ0) is 17.5. The van der Waals surface area contributed by atoms with Crippen LogP contribution in [0, 0.1) is 6.92 Å². The van der Waals surface area contributed by atoms with Crippen LogP contribution in [0.15, 0.2) is 53.0 Å². The van der Waals surface area contributed by atoms with Crippen LogP contribution < -0.4 is 16.0 Å². The molecule has 6 heteroatoms. The fraction of sp³-hybridized carbons (Fsp3) is 0.222. The lowest BCUT2D eigenvalue weighted by Gasteiger charge is -2.20. The molecule has 0 bridgehead atoms. The van der Waals surface area contributed by atoms with Gasteiger partial charge in [-0.2, -0.15) is 0 Å². The van der Waals surface area contributed by atoms with Gasteiger partial charge in [-0.1, -0.05) is 46.3 Å². The zero-order valence-electron chi connectivity index (χ0n) is 13.6. The number of rotatable bonds is 5. The Morgan fingerprint density at radius 3 is 2.46 bits per heavy atom. The maximum absolute atomic E-state index is 12.5. The lowest BCUT2D eigenvalue weighted by atomic mass is 10.1. The highest BCUT2D eigenvalue weighted by molar-refractivity contribution is 9.10. The number of aryl methyl sites for hydroxylation is 1. The summed E-state index contributed by atoms with van der Waals surface area (Å²) in [7, 11) is 0. The molecule has 0 fully saturated rings. The van der Waals surface area contributed by atoms with Crippen molar-refractivity contribution in [3.05, 3.63) is 64.1 Å². The van der Waals surface area contributed by atoms with E-state index in [1.807, 2.05) is 55.5 Å². The van der Waals surface area contributed by atoms with Crippen molar-refractivity contribution >= 4 is 33.6 Å². The van der Waals surface area contributed by atoms with Crippen LogP contribution in [0.1, 0.15) is 24.1 Å². The van der Waals surface area contributed by atoms with Crippen LogP contribution in [0.4, 0.5) is 10.5 Å². The minimum absolute atomic E-state index is 0.410. The first-order chi connectivity index (χ1) is 11.5. The van der Waals surface area contributed by atoms with Crippen LogP contribution in [-0.4, -0.2) is 18.5 Å². The van der Waals surface area contributed by atoms with Gasteiger partial charge in [0.1, 0.15) is 6.04 Å². The van der Waals surface area contributed by atoms with Crippen molar-refractivity contribution in [2.45, 2.75) is 19.9 Å². The van der Waals surface area contributed by atoms with Gasteiger partial charge in [0.15, 0.2) is 0 Å². The molecule has 0 aliphatic heterocycles. The van der Waals surface area contributed by atoms with Crippen LogP contribution in [0.5, 0.6) is 0 Å². The van der Waals surface area contributed by atoms with Crippen molar-refractivity contribution in [1.29, 1.82) is 0 Å². The lowest BCUT2D eigenvalue weighted by Crippen LogP contribution is -2.43. The molecule has 0 spiro atoms.